The van der Waals surface area contributed by atoms with Gasteiger partial charge in [-0.3, -0.25) is 4.79 Å². The van der Waals surface area contributed by atoms with Crippen LogP contribution in [0.5, 0.6) is 5.75 Å². The van der Waals surface area contributed by atoms with Crippen molar-refractivity contribution in [1.82, 2.24) is 0 Å². The monoisotopic (exact) mass is 390 g/mol. The molecule has 134 valence electrons. The molecule has 0 radical (unpaired) electrons. The number of hydrogen-bond acceptors (Lipinski definition) is 5. The van der Waals surface area contributed by atoms with Crippen LogP contribution in [-0.2, 0) is 21.3 Å². The summed E-state index contributed by atoms with van der Waals surface area (Å²) in [6.07, 6.45) is 1.44. The molecule has 0 N–H and O–H groups in total. The molecule has 1 heterocycles. The largest absolute Gasteiger partial charge is 0.377 e. The highest BCUT2D eigenvalue weighted by molar-refractivity contribution is 7.87. The lowest BCUT2D eigenvalue weighted by molar-refractivity contribution is -0.116. The van der Waals surface area contributed by atoms with Crippen molar-refractivity contribution in [3.05, 3.63) is 52.5 Å². The second kappa shape index (κ2) is 6.98. The zero-order valence-corrected chi connectivity index (χ0v) is 15.5. The average molecular weight is 391 g/mol. The zero-order chi connectivity index (χ0) is 18.9. The molecule has 2 aromatic carbocycles. The summed E-state index contributed by atoms with van der Waals surface area (Å²) < 4.78 is 30.3. The molecule has 0 spiro atoms. The fourth-order valence-corrected chi connectivity index (χ4v) is 4.12. The first-order valence-corrected chi connectivity index (χ1v) is 9.65. The van der Waals surface area contributed by atoms with Gasteiger partial charge in [-0.1, -0.05) is 11.6 Å². The summed E-state index contributed by atoms with van der Waals surface area (Å²) in [6, 6.07) is 10.6. The molecular weight excluding hydrogens is 376 g/mol. The molecule has 0 bridgehead atoms. The van der Waals surface area contributed by atoms with Crippen LogP contribution < -0.4 is 9.08 Å². The number of nitriles is 1. The van der Waals surface area contributed by atoms with Gasteiger partial charge >= 0.3 is 10.1 Å². The quantitative estimate of drug-likeness (QED) is 0.750. The number of rotatable bonds is 3. The molecule has 2 aromatic rings. The second-order valence-electron chi connectivity index (χ2n) is 5.86. The van der Waals surface area contributed by atoms with Gasteiger partial charge in [0.25, 0.3) is 0 Å². The van der Waals surface area contributed by atoms with Crippen molar-refractivity contribution in [2.45, 2.75) is 24.7 Å². The summed E-state index contributed by atoms with van der Waals surface area (Å²) in [6.45, 7) is 2.10. The lowest BCUT2D eigenvalue weighted by Crippen LogP contribution is -2.33. The van der Waals surface area contributed by atoms with E-state index < -0.39 is 10.1 Å². The predicted octanol–water partition coefficient (Wildman–Crippen LogP) is 3.28. The third-order valence-electron chi connectivity index (χ3n) is 4.10. The lowest BCUT2D eigenvalue weighted by atomic mass is 10.0. The number of carbonyl (C=O) groups excluding carboxylic acids is 1. The van der Waals surface area contributed by atoms with E-state index in [0.29, 0.717) is 18.5 Å². The molecule has 0 atom stereocenters. The highest BCUT2D eigenvalue weighted by Gasteiger charge is 2.24. The molecule has 1 aliphatic rings. The molecule has 0 saturated heterocycles. The van der Waals surface area contributed by atoms with E-state index in [9.17, 15) is 13.2 Å². The van der Waals surface area contributed by atoms with Gasteiger partial charge in [-0.15, -0.1) is 0 Å². The molecule has 6 nitrogen and oxygen atoms in total. The zero-order valence-electron chi connectivity index (χ0n) is 13.9. The Bertz CT molecular complexity index is 1030. The number of fused-ring (bicyclic) bond motifs is 1. The smallest absolute Gasteiger partial charge is 0.339 e. The van der Waals surface area contributed by atoms with Gasteiger partial charge in [0.15, 0.2) is 5.75 Å². The van der Waals surface area contributed by atoms with Crippen LogP contribution in [0.25, 0.3) is 0 Å². The van der Waals surface area contributed by atoms with Gasteiger partial charge in [-0.25, -0.2) is 0 Å². The van der Waals surface area contributed by atoms with E-state index >= 15 is 0 Å². The number of halogens is 1. The minimum Gasteiger partial charge on any atom is -0.377 e. The number of aryl methyl sites for hydroxylation is 1. The van der Waals surface area contributed by atoms with E-state index in [1.54, 1.807) is 11.0 Å². The Morgan fingerprint density at radius 1 is 1.27 bits per heavy atom. The number of amides is 1. The van der Waals surface area contributed by atoms with Crippen LogP contribution in [0.3, 0.4) is 0 Å². The van der Waals surface area contributed by atoms with Crippen molar-refractivity contribution in [1.29, 1.82) is 5.26 Å². The van der Waals surface area contributed by atoms with Crippen LogP contribution in [0.1, 0.15) is 24.5 Å². The minimum atomic E-state index is -4.10. The van der Waals surface area contributed by atoms with Crippen molar-refractivity contribution in [3.63, 3.8) is 0 Å². The number of nitrogens with zero attached hydrogens (tertiary/aromatic N) is 2. The van der Waals surface area contributed by atoms with Crippen LogP contribution in [0.4, 0.5) is 5.69 Å². The Balaban J connectivity index is 1.93. The van der Waals surface area contributed by atoms with Crippen molar-refractivity contribution < 1.29 is 17.4 Å². The molecule has 0 fully saturated rings. The summed E-state index contributed by atoms with van der Waals surface area (Å²) in [7, 11) is -4.10. The first kappa shape index (κ1) is 18.2. The van der Waals surface area contributed by atoms with E-state index in [0.717, 1.165) is 17.7 Å². The second-order valence-corrected chi connectivity index (χ2v) is 7.81. The van der Waals surface area contributed by atoms with Crippen molar-refractivity contribution in [3.8, 4) is 11.8 Å². The molecule has 3 rings (SSSR count). The lowest BCUT2D eigenvalue weighted by Gasteiger charge is -2.28. The summed E-state index contributed by atoms with van der Waals surface area (Å²) in [5.41, 5.74) is 1.80. The number of anilines is 1. The van der Waals surface area contributed by atoms with Crippen LogP contribution in [0.15, 0.2) is 41.3 Å². The number of carbonyl (C=O) groups is 1. The third kappa shape index (κ3) is 3.52. The number of benzene rings is 2. The van der Waals surface area contributed by atoms with Crippen LogP contribution in [0, 0.1) is 11.3 Å². The maximum Gasteiger partial charge on any atom is 0.339 e. The van der Waals surface area contributed by atoms with Crippen molar-refractivity contribution in [2.75, 3.05) is 11.4 Å². The minimum absolute atomic E-state index is 0.0120. The van der Waals surface area contributed by atoms with Gasteiger partial charge in [0, 0.05) is 19.2 Å². The molecule has 26 heavy (non-hydrogen) atoms. The Kier molecular flexibility index (Phi) is 4.90. The van der Waals surface area contributed by atoms with E-state index in [1.165, 1.54) is 37.3 Å². The number of hydrogen-bond donors (Lipinski definition) is 0. The van der Waals surface area contributed by atoms with Crippen molar-refractivity contribution in [2.24, 2.45) is 0 Å². The fourth-order valence-electron chi connectivity index (χ4n) is 2.86. The topological polar surface area (TPSA) is 87.5 Å². The maximum atomic E-state index is 12.6. The van der Waals surface area contributed by atoms with Gasteiger partial charge in [0.1, 0.15) is 4.90 Å². The molecule has 0 aromatic heterocycles. The Hall–Kier alpha value is -2.56. The maximum absolute atomic E-state index is 12.6. The van der Waals surface area contributed by atoms with Gasteiger partial charge in [-0.2, -0.15) is 13.7 Å². The Labute approximate surface area is 156 Å². The molecule has 0 saturated carbocycles. The molecule has 0 aliphatic carbocycles. The van der Waals surface area contributed by atoms with Crippen LogP contribution >= 0.6 is 11.6 Å². The van der Waals surface area contributed by atoms with E-state index in [4.69, 9.17) is 21.0 Å². The first-order chi connectivity index (χ1) is 12.3. The van der Waals surface area contributed by atoms with Gasteiger partial charge in [0.2, 0.25) is 5.91 Å². The Morgan fingerprint density at radius 3 is 2.69 bits per heavy atom. The Morgan fingerprint density at radius 2 is 2.04 bits per heavy atom. The van der Waals surface area contributed by atoms with Gasteiger partial charge < -0.3 is 9.08 Å². The van der Waals surface area contributed by atoms with Crippen LogP contribution in [-0.4, -0.2) is 20.9 Å². The SMILES string of the molecule is CC(=O)N1CCCc2cc(S(=O)(=O)Oc3ccc(C#N)cc3Cl)ccc21. The van der Waals surface area contributed by atoms with Crippen LogP contribution in [0.2, 0.25) is 5.02 Å². The standard InChI is InChI=1S/C18H15ClN2O4S/c1-12(22)21-8-2-3-14-10-15(5-6-17(14)21)26(23,24)25-18-7-4-13(11-20)9-16(18)19/h4-7,9-10H,2-3,8H2,1H3. The van der Waals surface area contributed by atoms with E-state index in [2.05, 4.69) is 0 Å². The summed E-state index contributed by atoms with van der Waals surface area (Å²) in [5.74, 6) is -0.129. The van der Waals surface area contributed by atoms with E-state index in [-0.39, 0.29) is 21.6 Å². The van der Waals surface area contributed by atoms with Gasteiger partial charge in [0.05, 0.1) is 16.7 Å². The fraction of sp³-hybridized carbons (Fsp3) is 0.222. The molecule has 0 unspecified atom stereocenters. The summed E-state index contributed by atoms with van der Waals surface area (Å²) in [5, 5.41) is 8.88. The average Bonchev–Trinajstić information content (AvgIpc) is 2.62. The normalized spacial score (nSPS) is 13.7. The predicted molar refractivity (Wildman–Crippen MR) is 96.8 cm³/mol. The van der Waals surface area contributed by atoms with Gasteiger partial charge in [-0.05, 0) is 54.8 Å². The molecule has 8 heteroatoms. The third-order valence-corrected chi connectivity index (χ3v) is 5.62. The summed E-state index contributed by atoms with van der Waals surface area (Å²) >= 11 is 5.99. The highest BCUT2D eigenvalue weighted by atomic mass is 35.5. The van der Waals surface area contributed by atoms with Crippen molar-refractivity contribution >= 4 is 33.3 Å². The highest BCUT2D eigenvalue weighted by Crippen LogP contribution is 2.32. The molecular formula is C18H15ClN2O4S. The first-order valence-electron chi connectivity index (χ1n) is 7.87. The molecule has 1 amide bonds. The molecule has 1 aliphatic heterocycles. The van der Waals surface area contributed by atoms with E-state index in [1.807, 2.05) is 6.07 Å². The summed E-state index contributed by atoms with van der Waals surface area (Å²) in [4.78, 5) is 13.3.